The highest BCUT2D eigenvalue weighted by molar-refractivity contribution is 5.76. The molecule has 1 aromatic heterocycles. The van der Waals surface area contributed by atoms with Gasteiger partial charge in [-0.05, 0) is 20.3 Å². The molecule has 0 N–H and O–H groups in total. The molecule has 0 unspecified atom stereocenters. The van der Waals surface area contributed by atoms with Crippen molar-refractivity contribution in [2.45, 2.75) is 40.2 Å². The van der Waals surface area contributed by atoms with Crippen molar-refractivity contribution < 1.29 is 4.79 Å². The first-order chi connectivity index (χ1) is 11.6. The molecule has 0 aliphatic heterocycles. The molecular formula is C19H25N3O2. The molecule has 0 saturated heterocycles. The Morgan fingerprint density at radius 3 is 2.54 bits per heavy atom. The van der Waals surface area contributed by atoms with E-state index in [1.54, 1.807) is 11.8 Å². The SMILES string of the molecule is CCCCN(CC)C(=O)Cn1c(-c2ccccc2)nc(C)cc1=O. The van der Waals surface area contributed by atoms with E-state index >= 15 is 0 Å². The lowest BCUT2D eigenvalue weighted by atomic mass is 10.2. The standard InChI is InChI=1S/C19H25N3O2/c1-4-6-12-21(5-2)18(24)14-22-17(23)13-15(3)20-19(22)16-10-8-7-9-11-16/h7-11,13H,4-6,12,14H2,1-3H3. The number of nitrogens with zero attached hydrogens (tertiary/aromatic N) is 3. The van der Waals surface area contributed by atoms with Crippen LogP contribution in [0.3, 0.4) is 0 Å². The van der Waals surface area contributed by atoms with E-state index in [1.165, 1.54) is 10.6 Å². The molecule has 1 amide bonds. The number of carbonyl (C=O) groups excluding carboxylic acids is 1. The van der Waals surface area contributed by atoms with Gasteiger partial charge < -0.3 is 4.90 Å². The van der Waals surface area contributed by atoms with Crippen LogP contribution in [-0.2, 0) is 11.3 Å². The fourth-order valence-corrected chi connectivity index (χ4v) is 2.62. The number of aryl methyl sites for hydroxylation is 1. The number of amides is 1. The molecule has 0 radical (unpaired) electrons. The molecule has 0 fully saturated rings. The summed E-state index contributed by atoms with van der Waals surface area (Å²) < 4.78 is 1.47. The molecule has 1 aromatic carbocycles. The average molecular weight is 327 g/mol. The maximum atomic E-state index is 12.6. The molecular weight excluding hydrogens is 302 g/mol. The second-order valence-corrected chi connectivity index (χ2v) is 5.84. The Hall–Kier alpha value is -2.43. The van der Waals surface area contributed by atoms with Crippen molar-refractivity contribution in [3.8, 4) is 11.4 Å². The molecule has 0 bridgehead atoms. The highest BCUT2D eigenvalue weighted by atomic mass is 16.2. The molecule has 24 heavy (non-hydrogen) atoms. The molecule has 0 spiro atoms. The normalized spacial score (nSPS) is 10.6. The number of hydrogen-bond donors (Lipinski definition) is 0. The van der Waals surface area contributed by atoms with E-state index in [4.69, 9.17) is 0 Å². The summed E-state index contributed by atoms with van der Waals surface area (Å²) in [7, 11) is 0. The molecule has 0 aliphatic rings. The van der Waals surface area contributed by atoms with Crippen molar-refractivity contribution in [2.24, 2.45) is 0 Å². The minimum atomic E-state index is -0.193. The van der Waals surface area contributed by atoms with Crippen molar-refractivity contribution in [2.75, 3.05) is 13.1 Å². The highest BCUT2D eigenvalue weighted by Crippen LogP contribution is 2.15. The molecule has 2 aromatic rings. The summed E-state index contributed by atoms with van der Waals surface area (Å²) in [5, 5.41) is 0. The van der Waals surface area contributed by atoms with Gasteiger partial charge in [-0.2, -0.15) is 0 Å². The van der Waals surface area contributed by atoms with Gasteiger partial charge in [-0.1, -0.05) is 43.7 Å². The summed E-state index contributed by atoms with van der Waals surface area (Å²) >= 11 is 0. The van der Waals surface area contributed by atoms with Crippen molar-refractivity contribution in [3.63, 3.8) is 0 Å². The zero-order valence-electron chi connectivity index (χ0n) is 14.7. The molecule has 5 heteroatoms. The molecule has 5 nitrogen and oxygen atoms in total. The second-order valence-electron chi connectivity index (χ2n) is 5.84. The number of hydrogen-bond acceptors (Lipinski definition) is 3. The first-order valence-electron chi connectivity index (χ1n) is 8.48. The molecule has 128 valence electrons. The van der Waals surface area contributed by atoms with E-state index < -0.39 is 0 Å². The van der Waals surface area contributed by atoms with Gasteiger partial charge >= 0.3 is 0 Å². The number of unbranched alkanes of at least 4 members (excludes halogenated alkanes) is 1. The lowest BCUT2D eigenvalue weighted by Crippen LogP contribution is -2.37. The number of carbonyl (C=O) groups is 1. The van der Waals surface area contributed by atoms with Crippen LogP contribution in [-0.4, -0.2) is 33.4 Å². The first-order valence-corrected chi connectivity index (χ1v) is 8.48. The van der Waals surface area contributed by atoms with Crippen LogP contribution in [0.4, 0.5) is 0 Å². The van der Waals surface area contributed by atoms with Crippen molar-refractivity contribution in [1.82, 2.24) is 14.5 Å². The van der Waals surface area contributed by atoms with Crippen LogP contribution in [0.5, 0.6) is 0 Å². The van der Waals surface area contributed by atoms with Crippen LogP contribution < -0.4 is 5.56 Å². The van der Waals surface area contributed by atoms with Gasteiger partial charge in [0.25, 0.3) is 5.56 Å². The molecule has 0 aliphatic carbocycles. The number of likely N-dealkylation sites (N-methyl/N-ethyl adjacent to an activating group) is 1. The Kier molecular flexibility index (Phi) is 6.29. The van der Waals surface area contributed by atoms with Gasteiger partial charge in [0.2, 0.25) is 5.91 Å². The minimum Gasteiger partial charge on any atom is -0.341 e. The zero-order valence-corrected chi connectivity index (χ0v) is 14.7. The van der Waals surface area contributed by atoms with Crippen molar-refractivity contribution in [3.05, 3.63) is 52.4 Å². The van der Waals surface area contributed by atoms with Gasteiger partial charge in [0.15, 0.2) is 0 Å². The third-order valence-corrected chi connectivity index (χ3v) is 3.98. The number of rotatable bonds is 7. The quantitative estimate of drug-likeness (QED) is 0.786. The van der Waals surface area contributed by atoms with Gasteiger partial charge in [0.05, 0.1) is 0 Å². The van der Waals surface area contributed by atoms with Crippen molar-refractivity contribution in [1.29, 1.82) is 0 Å². The number of benzene rings is 1. The topological polar surface area (TPSA) is 55.2 Å². The van der Waals surface area contributed by atoms with Gasteiger partial charge in [0.1, 0.15) is 12.4 Å². The van der Waals surface area contributed by atoms with Gasteiger partial charge in [0, 0.05) is 30.4 Å². The lowest BCUT2D eigenvalue weighted by Gasteiger charge is -2.22. The van der Waals surface area contributed by atoms with Gasteiger partial charge in [-0.25, -0.2) is 4.98 Å². The van der Waals surface area contributed by atoms with E-state index in [9.17, 15) is 9.59 Å². The Bertz CT molecular complexity index is 738. The van der Waals surface area contributed by atoms with E-state index in [-0.39, 0.29) is 18.0 Å². The highest BCUT2D eigenvalue weighted by Gasteiger charge is 2.16. The summed E-state index contributed by atoms with van der Waals surface area (Å²) in [4.78, 5) is 31.3. The van der Waals surface area contributed by atoms with E-state index in [2.05, 4.69) is 11.9 Å². The molecule has 1 heterocycles. The summed E-state index contributed by atoms with van der Waals surface area (Å²) in [6, 6.07) is 11.0. The van der Waals surface area contributed by atoms with Gasteiger partial charge in [-0.3, -0.25) is 14.2 Å². The minimum absolute atomic E-state index is 0.0217. The zero-order chi connectivity index (χ0) is 17.5. The monoisotopic (exact) mass is 327 g/mol. The van der Waals surface area contributed by atoms with Crippen LogP contribution >= 0.6 is 0 Å². The fourth-order valence-electron chi connectivity index (χ4n) is 2.62. The fraction of sp³-hybridized carbons (Fsp3) is 0.421. The maximum absolute atomic E-state index is 12.6. The Morgan fingerprint density at radius 2 is 1.92 bits per heavy atom. The maximum Gasteiger partial charge on any atom is 0.254 e. The first kappa shape index (κ1) is 17.9. The third kappa shape index (κ3) is 4.31. The summed E-state index contributed by atoms with van der Waals surface area (Å²) in [5.74, 6) is 0.497. The van der Waals surface area contributed by atoms with E-state index in [1.807, 2.05) is 37.3 Å². The predicted molar refractivity (Wildman–Crippen MR) is 95.8 cm³/mol. The predicted octanol–water partition coefficient (Wildman–Crippen LogP) is 2.87. The van der Waals surface area contributed by atoms with E-state index in [0.29, 0.717) is 18.1 Å². The third-order valence-electron chi connectivity index (χ3n) is 3.98. The molecule has 0 saturated carbocycles. The van der Waals surface area contributed by atoms with E-state index in [0.717, 1.165) is 24.9 Å². The van der Waals surface area contributed by atoms with Crippen LogP contribution in [0.25, 0.3) is 11.4 Å². The second kappa shape index (κ2) is 8.43. The van der Waals surface area contributed by atoms with Crippen LogP contribution in [0, 0.1) is 6.92 Å². The Balaban J connectivity index is 2.36. The Labute approximate surface area is 143 Å². The summed E-state index contributed by atoms with van der Waals surface area (Å²) in [6.45, 7) is 7.24. The van der Waals surface area contributed by atoms with Crippen LogP contribution in [0.2, 0.25) is 0 Å². The van der Waals surface area contributed by atoms with Crippen LogP contribution in [0.1, 0.15) is 32.4 Å². The average Bonchev–Trinajstić information content (AvgIpc) is 2.58. The summed E-state index contributed by atoms with van der Waals surface area (Å²) in [6.07, 6.45) is 2.00. The Morgan fingerprint density at radius 1 is 1.21 bits per heavy atom. The van der Waals surface area contributed by atoms with Crippen LogP contribution in [0.15, 0.2) is 41.2 Å². The van der Waals surface area contributed by atoms with Crippen molar-refractivity contribution >= 4 is 5.91 Å². The smallest absolute Gasteiger partial charge is 0.254 e. The largest absolute Gasteiger partial charge is 0.341 e. The molecule has 0 atom stereocenters. The number of aromatic nitrogens is 2. The van der Waals surface area contributed by atoms with Gasteiger partial charge in [-0.15, -0.1) is 0 Å². The lowest BCUT2D eigenvalue weighted by molar-refractivity contribution is -0.131. The molecule has 2 rings (SSSR count). The summed E-state index contributed by atoms with van der Waals surface area (Å²) in [5.41, 5.74) is 1.30.